The molecular weight excluding hydrogens is 604 g/mol. The Kier molecular flexibility index (Phi) is 23.9. The van der Waals surface area contributed by atoms with E-state index < -0.39 is 53.0 Å². The lowest BCUT2D eigenvalue weighted by Crippen LogP contribution is -2.62. The molecule has 0 aromatic rings. The summed E-state index contributed by atoms with van der Waals surface area (Å²) >= 11 is 0. The number of esters is 2. The fraction of sp³-hybridized carbons (Fsp3) is 0.939. The highest BCUT2D eigenvalue weighted by molar-refractivity contribution is 7.80. The zero-order valence-corrected chi connectivity index (χ0v) is 29.2. The van der Waals surface area contributed by atoms with Crippen LogP contribution in [-0.4, -0.2) is 76.4 Å². The molecule has 1 saturated heterocycles. The van der Waals surface area contributed by atoms with Crippen LogP contribution in [0.5, 0.6) is 0 Å². The minimum Gasteiger partial charge on any atom is -0.455 e. The van der Waals surface area contributed by atoms with Gasteiger partial charge in [0.15, 0.2) is 18.5 Å². The van der Waals surface area contributed by atoms with Crippen molar-refractivity contribution in [3.63, 3.8) is 0 Å². The van der Waals surface area contributed by atoms with E-state index in [1.54, 1.807) is 0 Å². The zero-order valence-electron chi connectivity index (χ0n) is 28.4. The van der Waals surface area contributed by atoms with Crippen LogP contribution in [0.25, 0.3) is 0 Å². The molecule has 5 atom stereocenters. The average Bonchev–Trinajstić information content (AvgIpc) is 2.99. The van der Waals surface area contributed by atoms with Crippen molar-refractivity contribution < 1.29 is 50.4 Å². The average molecular weight is 667 g/mol. The highest BCUT2D eigenvalue weighted by Gasteiger charge is 2.53. The maximum atomic E-state index is 12.9. The fourth-order valence-corrected chi connectivity index (χ4v) is 6.15. The number of unbranched alkanes of at least 4 members (excludes halogenated alkanes) is 17. The molecule has 12 heteroatoms. The van der Waals surface area contributed by atoms with Crippen molar-refractivity contribution >= 4 is 22.3 Å². The maximum Gasteiger partial charge on any atom is 0.397 e. The van der Waals surface area contributed by atoms with Crippen molar-refractivity contribution in [1.82, 2.24) is 0 Å². The van der Waals surface area contributed by atoms with Crippen molar-refractivity contribution in [1.29, 1.82) is 0 Å². The van der Waals surface area contributed by atoms with Gasteiger partial charge in [0.05, 0.1) is 6.61 Å². The number of carbonyl (C=O) groups excluding carboxylic acids is 2. The number of methoxy groups -OCH3 is 2. The normalized spacial score (nSPS) is 21.9. The van der Waals surface area contributed by atoms with Crippen LogP contribution >= 0.6 is 0 Å². The van der Waals surface area contributed by atoms with Gasteiger partial charge < -0.3 is 23.7 Å². The molecule has 1 aliphatic rings. The molecule has 0 aliphatic carbocycles. The highest BCUT2D eigenvalue weighted by Crippen LogP contribution is 2.31. The summed E-state index contributed by atoms with van der Waals surface area (Å²) in [5.74, 6) is -1.16. The largest absolute Gasteiger partial charge is 0.455 e. The van der Waals surface area contributed by atoms with E-state index in [2.05, 4.69) is 13.8 Å². The SMILES string of the molecule is CCCCCCCCCCCCC(=O)O[C@H]1C(OC)O[C@H](COC)[C@@H](OS(=O)(=O)O)[C@@H]1OC(=O)CCCCCCCCCCC. The summed E-state index contributed by atoms with van der Waals surface area (Å²) in [5, 5.41) is 0. The van der Waals surface area contributed by atoms with Crippen molar-refractivity contribution in [2.24, 2.45) is 0 Å². The van der Waals surface area contributed by atoms with Crippen LogP contribution in [0.3, 0.4) is 0 Å². The maximum absolute atomic E-state index is 12.9. The smallest absolute Gasteiger partial charge is 0.397 e. The summed E-state index contributed by atoms with van der Waals surface area (Å²) in [6.07, 6.45) is 14.5. The van der Waals surface area contributed by atoms with Gasteiger partial charge in [-0.25, -0.2) is 4.18 Å². The zero-order chi connectivity index (χ0) is 33.3. The third kappa shape index (κ3) is 19.8. The first-order chi connectivity index (χ1) is 21.7. The van der Waals surface area contributed by atoms with Gasteiger partial charge in [0.1, 0.15) is 12.2 Å². The van der Waals surface area contributed by atoms with Crippen LogP contribution in [0.1, 0.15) is 149 Å². The van der Waals surface area contributed by atoms with Crippen molar-refractivity contribution in [3.8, 4) is 0 Å². The van der Waals surface area contributed by atoms with E-state index in [0.717, 1.165) is 38.5 Å². The van der Waals surface area contributed by atoms with E-state index >= 15 is 0 Å². The fourth-order valence-electron chi connectivity index (χ4n) is 5.64. The summed E-state index contributed by atoms with van der Waals surface area (Å²) in [7, 11) is -2.29. The van der Waals surface area contributed by atoms with Gasteiger partial charge >= 0.3 is 22.3 Å². The minimum atomic E-state index is -5.00. The minimum absolute atomic E-state index is 0.0949. The van der Waals surface area contributed by atoms with Crippen LogP contribution in [0.4, 0.5) is 0 Å². The van der Waals surface area contributed by atoms with Gasteiger partial charge in [0, 0.05) is 27.1 Å². The van der Waals surface area contributed by atoms with Gasteiger partial charge in [-0.15, -0.1) is 0 Å². The molecule has 0 saturated carbocycles. The summed E-state index contributed by atoms with van der Waals surface area (Å²) in [6, 6.07) is 0. The lowest BCUT2D eigenvalue weighted by molar-refractivity contribution is -0.297. The summed E-state index contributed by atoms with van der Waals surface area (Å²) in [5.41, 5.74) is 0. The molecule has 0 aromatic heterocycles. The highest BCUT2D eigenvalue weighted by atomic mass is 32.3. The Morgan fingerprint density at radius 3 is 1.40 bits per heavy atom. The molecule has 0 bridgehead atoms. The Morgan fingerprint density at radius 2 is 1.02 bits per heavy atom. The third-order valence-corrected chi connectivity index (χ3v) is 8.61. The van der Waals surface area contributed by atoms with E-state index in [4.69, 9.17) is 27.9 Å². The van der Waals surface area contributed by atoms with E-state index in [1.807, 2.05) is 0 Å². The van der Waals surface area contributed by atoms with E-state index in [1.165, 1.54) is 84.8 Å². The molecule has 0 aromatic carbocycles. The second-order valence-corrected chi connectivity index (χ2v) is 13.2. The summed E-state index contributed by atoms with van der Waals surface area (Å²) in [6.45, 7) is 4.23. The van der Waals surface area contributed by atoms with E-state index in [9.17, 15) is 22.6 Å². The first-order valence-corrected chi connectivity index (χ1v) is 18.7. The van der Waals surface area contributed by atoms with E-state index in [-0.39, 0.29) is 19.4 Å². The summed E-state index contributed by atoms with van der Waals surface area (Å²) in [4.78, 5) is 25.8. The molecule has 1 fully saturated rings. The number of rotatable bonds is 28. The molecule has 11 nitrogen and oxygen atoms in total. The predicted molar refractivity (Wildman–Crippen MR) is 172 cm³/mol. The van der Waals surface area contributed by atoms with Crippen molar-refractivity contribution in [2.75, 3.05) is 20.8 Å². The number of hydrogen-bond donors (Lipinski definition) is 1. The van der Waals surface area contributed by atoms with Gasteiger partial charge in [-0.1, -0.05) is 123 Å². The topological polar surface area (TPSA) is 144 Å². The van der Waals surface area contributed by atoms with Crippen LogP contribution < -0.4 is 0 Å². The monoisotopic (exact) mass is 666 g/mol. The van der Waals surface area contributed by atoms with Crippen LogP contribution in [-0.2, 0) is 47.9 Å². The number of carbonyl (C=O) groups is 2. The Labute approximate surface area is 272 Å². The Hall–Kier alpha value is -1.31. The molecule has 0 amide bonds. The van der Waals surface area contributed by atoms with Gasteiger partial charge in [-0.05, 0) is 12.8 Å². The molecule has 0 spiro atoms. The molecule has 1 N–H and O–H groups in total. The van der Waals surface area contributed by atoms with Crippen molar-refractivity contribution in [2.45, 2.75) is 179 Å². The molecule has 1 heterocycles. The van der Waals surface area contributed by atoms with Gasteiger partial charge in [0.2, 0.25) is 0 Å². The van der Waals surface area contributed by atoms with Crippen LogP contribution in [0.2, 0.25) is 0 Å². The molecule has 266 valence electrons. The number of ether oxygens (including phenoxy) is 5. The molecule has 1 aliphatic heterocycles. The second-order valence-electron chi connectivity index (χ2n) is 12.1. The standard InChI is InChI=1S/C33H62O11S/c1-5-7-9-11-13-15-17-19-21-23-25-29(35)43-32-31(42-28(34)24-22-20-18-16-14-12-10-8-6-2)30(44-45(36,37)38)27(26-39-3)41-33(32)40-4/h27,30-33H,5-26H2,1-4H3,(H,36,37,38)/t27-,30-,31+,32-,33?/m1/s1. The van der Waals surface area contributed by atoms with Crippen molar-refractivity contribution in [3.05, 3.63) is 0 Å². The Morgan fingerprint density at radius 1 is 0.622 bits per heavy atom. The third-order valence-electron chi connectivity index (χ3n) is 8.14. The van der Waals surface area contributed by atoms with Gasteiger partial charge in [-0.2, -0.15) is 8.42 Å². The molecule has 0 radical (unpaired) electrons. The molecular formula is C33H62O11S. The van der Waals surface area contributed by atoms with Crippen LogP contribution in [0.15, 0.2) is 0 Å². The van der Waals surface area contributed by atoms with Crippen LogP contribution in [0, 0.1) is 0 Å². The molecule has 1 rings (SSSR count). The lowest BCUT2D eigenvalue weighted by Gasteiger charge is -2.43. The lowest BCUT2D eigenvalue weighted by atomic mass is 9.98. The first-order valence-electron chi connectivity index (χ1n) is 17.4. The first kappa shape index (κ1) is 41.7. The Balaban J connectivity index is 2.77. The molecule has 1 unspecified atom stereocenters. The van der Waals surface area contributed by atoms with Gasteiger partial charge in [0.25, 0.3) is 0 Å². The molecule has 45 heavy (non-hydrogen) atoms. The van der Waals surface area contributed by atoms with E-state index in [0.29, 0.717) is 12.8 Å². The quantitative estimate of drug-likeness (QED) is 0.0512. The number of hydrogen-bond acceptors (Lipinski definition) is 10. The second kappa shape index (κ2) is 25.7. The summed E-state index contributed by atoms with van der Waals surface area (Å²) < 4.78 is 65.8. The van der Waals surface area contributed by atoms with Gasteiger partial charge in [-0.3, -0.25) is 14.1 Å². The predicted octanol–water partition coefficient (Wildman–Crippen LogP) is 7.25. The Bertz CT molecular complexity index is 867.